The quantitative estimate of drug-likeness (QED) is 0.465. The molecule has 7 heteroatoms. The summed E-state index contributed by atoms with van der Waals surface area (Å²) in [5.41, 5.74) is 0.363. The molecule has 0 bridgehead atoms. The number of aromatic nitrogens is 2. The molecule has 1 aromatic heterocycles. The van der Waals surface area contributed by atoms with Crippen molar-refractivity contribution in [3.05, 3.63) is 64.7 Å². The van der Waals surface area contributed by atoms with Gasteiger partial charge in [-0.05, 0) is 0 Å². The van der Waals surface area contributed by atoms with E-state index in [4.69, 9.17) is 0 Å². The summed E-state index contributed by atoms with van der Waals surface area (Å²) in [4.78, 5) is 27.7. The second kappa shape index (κ2) is 7.49. The fourth-order valence-corrected chi connectivity index (χ4v) is 1.06. The molecule has 2 aromatic rings. The number of nitrogens with zero attached hydrogens (tertiary/aromatic N) is 3. The normalized spacial score (nSPS) is 8.89. The Morgan fingerprint density at radius 1 is 1.26 bits per heavy atom. The Kier molecular flexibility index (Phi) is 5.61. The van der Waals surface area contributed by atoms with E-state index in [-0.39, 0.29) is 11.4 Å². The number of methoxy groups -OCH3 is 1. The molecule has 1 aromatic carbocycles. The number of non-ortho nitro benzene ring substituents is 1. The van der Waals surface area contributed by atoms with Crippen molar-refractivity contribution in [2.45, 2.75) is 0 Å². The number of carbonyl (C=O) groups excluding carboxylic acids is 1. The third-order valence-corrected chi connectivity index (χ3v) is 1.92. The van der Waals surface area contributed by atoms with Crippen molar-refractivity contribution in [2.24, 2.45) is 0 Å². The van der Waals surface area contributed by atoms with Crippen LogP contribution in [-0.4, -0.2) is 28.0 Å². The standard InChI is InChI=1S/C6H6N2O2.C6H5NO2/c1-10-6(9)5-4-7-2-3-8-5;8-7(9)6-4-2-1-3-5-6/h2-4H,1H3;1-5H. The maximum atomic E-state index is 10.7. The van der Waals surface area contributed by atoms with E-state index in [1.165, 1.54) is 37.8 Å². The van der Waals surface area contributed by atoms with Crippen molar-refractivity contribution in [3.63, 3.8) is 0 Å². The van der Waals surface area contributed by atoms with Crippen LogP contribution in [0.4, 0.5) is 5.69 Å². The zero-order valence-corrected chi connectivity index (χ0v) is 10.1. The summed E-state index contributed by atoms with van der Waals surface area (Å²) in [6, 6.07) is 7.93. The largest absolute Gasteiger partial charge is 0.464 e. The Hall–Kier alpha value is -2.83. The van der Waals surface area contributed by atoms with E-state index in [0.717, 1.165) is 0 Å². The van der Waals surface area contributed by atoms with Gasteiger partial charge in [-0.1, -0.05) is 18.2 Å². The van der Waals surface area contributed by atoms with E-state index in [9.17, 15) is 14.9 Å². The summed E-state index contributed by atoms with van der Waals surface area (Å²) in [6.45, 7) is 0. The number of ether oxygens (including phenoxy) is 1. The number of carbonyl (C=O) groups is 1. The van der Waals surface area contributed by atoms with Crippen LogP contribution in [0.25, 0.3) is 0 Å². The van der Waals surface area contributed by atoms with Gasteiger partial charge in [0.25, 0.3) is 5.69 Å². The van der Waals surface area contributed by atoms with Crippen LogP contribution < -0.4 is 0 Å². The molecule has 7 nitrogen and oxygen atoms in total. The first kappa shape index (κ1) is 14.2. The number of esters is 1. The van der Waals surface area contributed by atoms with Crippen LogP contribution >= 0.6 is 0 Å². The molecule has 0 fully saturated rings. The number of hydrogen-bond donors (Lipinski definition) is 0. The SMILES string of the molecule is COC(=O)c1cnccn1.O=[N+]([O-])c1ccccc1. The van der Waals surface area contributed by atoms with Crippen LogP contribution in [0.5, 0.6) is 0 Å². The summed E-state index contributed by atoms with van der Waals surface area (Å²) < 4.78 is 4.39. The third-order valence-electron chi connectivity index (χ3n) is 1.92. The van der Waals surface area contributed by atoms with Crippen LogP contribution in [0.15, 0.2) is 48.9 Å². The second-order valence-electron chi connectivity index (χ2n) is 3.17. The molecule has 2 rings (SSSR count). The highest BCUT2D eigenvalue weighted by atomic mass is 16.6. The highest BCUT2D eigenvalue weighted by Crippen LogP contribution is 2.06. The van der Waals surface area contributed by atoms with E-state index in [1.807, 2.05) is 0 Å². The van der Waals surface area contributed by atoms with Crippen LogP contribution in [0.2, 0.25) is 0 Å². The number of nitro benzene ring substituents is 1. The summed E-state index contributed by atoms with van der Waals surface area (Å²) in [6.07, 6.45) is 4.28. The van der Waals surface area contributed by atoms with Gasteiger partial charge in [0, 0.05) is 24.5 Å². The maximum absolute atomic E-state index is 10.7. The van der Waals surface area contributed by atoms with Gasteiger partial charge in [0.05, 0.1) is 18.2 Å². The number of rotatable bonds is 2. The first-order chi connectivity index (χ1) is 9.15. The minimum Gasteiger partial charge on any atom is -0.464 e. The van der Waals surface area contributed by atoms with Crippen molar-refractivity contribution >= 4 is 11.7 Å². The lowest BCUT2D eigenvalue weighted by atomic mass is 10.3. The van der Waals surface area contributed by atoms with Crippen LogP contribution in [0, 0.1) is 10.1 Å². The van der Waals surface area contributed by atoms with Crippen molar-refractivity contribution in [1.29, 1.82) is 0 Å². The molecular formula is C12H11N3O4. The highest BCUT2D eigenvalue weighted by Gasteiger charge is 2.03. The molecule has 0 unspecified atom stereocenters. The van der Waals surface area contributed by atoms with Gasteiger partial charge >= 0.3 is 5.97 Å². The van der Waals surface area contributed by atoms with E-state index < -0.39 is 10.9 Å². The van der Waals surface area contributed by atoms with E-state index >= 15 is 0 Å². The van der Waals surface area contributed by atoms with E-state index in [1.54, 1.807) is 18.2 Å². The molecule has 0 atom stereocenters. The van der Waals surface area contributed by atoms with Crippen molar-refractivity contribution in [3.8, 4) is 0 Å². The molecule has 0 radical (unpaired) electrons. The predicted octanol–water partition coefficient (Wildman–Crippen LogP) is 1.86. The third kappa shape index (κ3) is 4.90. The number of para-hydroxylation sites is 1. The Balaban J connectivity index is 0.000000191. The topological polar surface area (TPSA) is 95.2 Å². The van der Waals surface area contributed by atoms with Gasteiger partial charge in [0.2, 0.25) is 0 Å². The number of nitro groups is 1. The van der Waals surface area contributed by atoms with Gasteiger partial charge in [0.1, 0.15) is 0 Å². The van der Waals surface area contributed by atoms with Gasteiger partial charge in [-0.15, -0.1) is 0 Å². The van der Waals surface area contributed by atoms with Gasteiger partial charge in [-0.25, -0.2) is 9.78 Å². The molecule has 0 spiro atoms. The van der Waals surface area contributed by atoms with Gasteiger partial charge in [-0.3, -0.25) is 15.1 Å². The first-order valence-corrected chi connectivity index (χ1v) is 5.19. The van der Waals surface area contributed by atoms with Crippen molar-refractivity contribution in [2.75, 3.05) is 7.11 Å². The molecule has 0 saturated carbocycles. The fraction of sp³-hybridized carbons (Fsp3) is 0.0833. The number of benzene rings is 1. The summed E-state index contributed by atoms with van der Waals surface area (Å²) >= 11 is 0. The van der Waals surface area contributed by atoms with Gasteiger partial charge in [0.15, 0.2) is 5.69 Å². The van der Waals surface area contributed by atoms with Crippen molar-refractivity contribution < 1.29 is 14.5 Å². The molecule has 1 heterocycles. The van der Waals surface area contributed by atoms with Crippen LogP contribution in [0.1, 0.15) is 10.5 Å². The van der Waals surface area contributed by atoms with Crippen LogP contribution in [-0.2, 0) is 4.74 Å². The summed E-state index contributed by atoms with van der Waals surface area (Å²) in [5.74, 6) is -0.465. The Labute approximate surface area is 109 Å². The molecule has 0 aliphatic rings. The average Bonchev–Trinajstić information content (AvgIpc) is 2.49. The molecule has 0 aliphatic heterocycles. The Bertz CT molecular complexity index is 531. The zero-order valence-electron chi connectivity index (χ0n) is 10.1. The van der Waals surface area contributed by atoms with Crippen molar-refractivity contribution in [1.82, 2.24) is 9.97 Å². The summed E-state index contributed by atoms with van der Waals surface area (Å²) in [5, 5.41) is 10.0. The molecule has 19 heavy (non-hydrogen) atoms. The first-order valence-electron chi connectivity index (χ1n) is 5.19. The monoisotopic (exact) mass is 261 g/mol. The smallest absolute Gasteiger partial charge is 0.358 e. The Morgan fingerprint density at radius 2 is 1.95 bits per heavy atom. The minimum absolute atomic E-state index is 0.137. The Morgan fingerprint density at radius 3 is 2.37 bits per heavy atom. The minimum atomic E-state index is -0.465. The molecule has 0 N–H and O–H groups in total. The molecule has 98 valence electrons. The van der Waals surface area contributed by atoms with E-state index in [0.29, 0.717) is 0 Å². The van der Waals surface area contributed by atoms with Gasteiger partial charge in [-0.2, -0.15) is 0 Å². The average molecular weight is 261 g/mol. The van der Waals surface area contributed by atoms with Crippen LogP contribution in [0.3, 0.4) is 0 Å². The lowest BCUT2D eigenvalue weighted by molar-refractivity contribution is -0.384. The predicted molar refractivity (Wildman–Crippen MR) is 66.5 cm³/mol. The molecule has 0 saturated heterocycles. The van der Waals surface area contributed by atoms with Gasteiger partial charge < -0.3 is 4.74 Å². The highest BCUT2D eigenvalue weighted by molar-refractivity contribution is 5.86. The molecular weight excluding hydrogens is 250 g/mol. The lowest BCUT2D eigenvalue weighted by Gasteiger charge is -1.93. The molecule has 0 amide bonds. The maximum Gasteiger partial charge on any atom is 0.358 e. The zero-order chi connectivity index (χ0) is 14.1. The van der Waals surface area contributed by atoms with E-state index in [2.05, 4.69) is 14.7 Å². The lowest BCUT2D eigenvalue weighted by Crippen LogP contribution is -2.03. The fourth-order valence-electron chi connectivity index (χ4n) is 1.06. The second-order valence-corrected chi connectivity index (χ2v) is 3.17. The molecule has 0 aliphatic carbocycles. The number of hydrogen-bond acceptors (Lipinski definition) is 6. The summed E-state index contributed by atoms with van der Waals surface area (Å²) in [7, 11) is 1.30.